The summed E-state index contributed by atoms with van der Waals surface area (Å²) in [7, 11) is 0. The Kier molecular flexibility index (Phi) is 3.89. The minimum atomic E-state index is -0.209. The highest BCUT2D eigenvalue weighted by molar-refractivity contribution is 5.66. The lowest BCUT2D eigenvalue weighted by atomic mass is 9.52. The first-order valence-electron chi connectivity index (χ1n) is 7.34. The quantitative estimate of drug-likeness (QED) is 0.521. The predicted molar refractivity (Wildman–Crippen MR) is 77.7 cm³/mol. The lowest BCUT2D eigenvalue weighted by molar-refractivity contribution is -0.144. The molecule has 0 N–H and O–H groups in total. The molecular formula is C17H26O2. The second-order valence-electron chi connectivity index (χ2n) is 6.90. The Morgan fingerprint density at radius 2 is 1.84 bits per heavy atom. The monoisotopic (exact) mass is 262 g/mol. The van der Waals surface area contributed by atoms with Gasteiger partial charge in [0.1, 0.15) is 6.10 Å². The van der Waals surface area contributed by atoms with Crippen molar-refractivity contribution >= 4 is 5.97 Å². The van der Waals surface area contributed by atoms with Gasteiger partial charge in [-0.15, -0.1) is 0 Å². The molecular weight excluding hydrogens is 236 g/mol. The maximum atomic E-state index is 11.2. The van der Waals surface area contributed by atoms with Gasteiger partial charge in [0, 0.05) is 6.92 Å². The second kappa shape index (κ2) is 5.15. The lowest BCUT2D eigenvalue weighted by Crippen LogP contribution is -2.44. The molecule has 0 saturated heterocycles. The number of ether oxygens (including phenoxy) is 1. The summed E-state index contributed by atoms with van der Waals surface area (Å²) in [5.74, 6) is 1.17. The van der Waals surface area contributed by atoms with E-state index in [0.29, 0.717) is 17.3 Å². The van der Waals surface area contributed by atoms with Crippen LogP contribution in [0.2, 0.25) is 0 Å². The normalized spacial score (nSPS) is 34.4. The first-order chi connectivity index (χ1) is 8.81. The van der Waals surface area contributed by atoms with Crippen LogP contribution in [0.15, 0.2) is 24.3 Å². The fourth-order valence-corrected chi connectivity index (χ4v) is 3.82. The van der Waals surface area contributed by atoms with Crippen LogP contribution >= 0.6 is 0 Å². The highest BCUT2D eigenvalue weighted by Crippen LogP contribution is 2.56. The summed E-state index contributed by atoms with van der Waals surface area (Å²) in [6.07, 6.45) is 5.05. The van der Waals surface area contributed by atoms with Gasteiger partial charge in [-0.1, -0.05) is 32.6 Å². The molecule has 2 rings (SSSR count). The Morgan fingerprint density at radius 1 is 1.21 bits per heavy atom. The van der Waals surface area contributed by atoms with E-state index in [4.69, 9.17) is 4.74 Å². The molecule has 0 aromatic heterocycles. The van der Waals surface area contributed by atoms with Crippen molar-refractivity contribution in [2.24, 2.45) is 17.3 Å². The van der Waals surface area contributed by atoms with Crippen molar-refractivity contribution in [1.29, 1.82) is 0 Å². The molecule has 0 spiro atoms. The molecule has 0 bridgehead atoms. The SMILES string of the molecule is C=C1CC[C@@H]2[C@H](CC2(C)C)C(=C)CC[C@@H]1OC(C)=O. The van der Waals surface area contributed by atoms with Gasteiger partial charge >= 0.3 is 5.97 Å². The average molecular weight is 262 g/mol. The molecule has 0 unspecified atom stereocenters. The number of rotatable bonds is 1. The molecule has 2 aliphatic carbocycles. The molecule has 0 heterocycles. The summed E-state index contributed by atoms with van der Waals surface area (Å²) in [5.41, 5.74) is 2.84. The van der Waals surface area contributed by atoms with Crippen molar-refractivity contribution in [2.75, 3.05) is 0 Å². The standard InChI is InChI=1S/C17H26O2/c1-11-7-9-16(19-13(3)18)12(2)6-8-15-14(11)10-17(15,4)5/h14-16H,1-2,6-10H2,3-5H3/t14-,15-,16+/m1/s1. The van der Waals surface area contributed by atoms with Gasteiger partial charge in [-0.05, 0) is 54.9 Å². The lowest BCUT2D eigenvalue weighted by Gasteiger charge is -2.53. The van der Waals surface area contributed by atoms with Crippen molar-refractivity contribution in [3.05, 3.63) is 24.3 Å². The van der Waals surface area contributed by atoms with Crippen molar-refractivity contribution in [1.82, 2.24) is 0 Å². The Balaban J connectivity index is 2.09. The van der Waals surface area contributed by atoms with Gasteiger partial charge in [0.05, 0.1) is 0 Å². The fraction of sp³-hybridized carbons (Fsp3) is 0.706. The highest BCUT2D eigenvalue weighted by atomic mass is 16.5. The van der Waals surface area contributed by atoms with Gasteiger partial charge in [-0.25, -0.2) is 0 Å². The number of fused-ring (bicyclic) bond motifs is 1. The van der Waals surface area contributed by atoms with E-state index in [-0.39, 0.29) is 12.1 Å². The molecule has 0 aliphatic heterocycles. The van der Waals surface area contributed by atoms with Crippen LogP contribution in [-0.2, 0) is 9.53 Å². The molecule has 2 heteroatoms. The summed E-state index contributed by atoms with van der Waals surface area (Å²) in [6, 6.07) is 0. The Hall–Kier alpha value is -1.05. The third-order valence-corrected chi connectivity index (χ3v) is 5.03. The maximum Gasteiger partial charge on any atom is 0.303 e. The number of allylic oxidation sites excluding steroid dienone is 1. The molecule has 2 nitrogen and oxygen atoms in total. The number of carbonyl (C=O) groups excluding carboxylic acids is 1. The van der Waals surface area contributed by atoms with Crippen LogP contribution in [0.5, 0.6) is 0 Å². The van der Waals surface area contributed by atoms with Crippen LogP contribution in [0.4, 0.5) is 0 Å². The topological polar surface area (TPSA) is 26.3 Å². The van der Waals surface area contributed by atoms with Crippen molar-refractivity contribution in [3.8, 4) is 0 Å². The molecule has 2 aliphatic rings. The molecule has 2 saturated carbocycles. The molecule has 0 aromatic rings. The van der Waals surface area contributed by atoms with Crippen LogP contribution in [0.3, 0.4) is 0 Å². The van der Waals surface area contributed by atoms with Gasteiger partial charge < -0.3 is 4.74 Å². The van der Waals surface area contributed by atoms with Gasteiger partial charge in [-0.2, -0.15) is 0 Å². The summed E-state index contributed by atoms with van der Waals surface area (Å²) in [4.78, 5) is 11.2. The fourth-order valence-electron chi connectivity index (χ4n) is 3.82. The van der Waals surface area contributed by atoms with E-state index in [1.807, 2.05) is 0 Å². The van der Waals surface area contributed by atoms with Gasteiger partial charge in [0.2, 0.25) is 0 Å². The number of esters is 1. The third kappa shape index (κ3) is 2.93. The summed E-state index contributed by atoms with van der Waals surface area (Å²) >= 11 is 0. The van der Waals surface area contributed by atoms with Gasteiger partial charge in [0.25, 0.3) is 0 Å². The van der Waals surface area contributed by atoms with Crippen LogP contribution in [0.25, 0.3) is 0 Å². The Labute approximate surface area is 116 Å². The van der Waals surface area contributed by atoms with E-state index in [1.54, 1.807) is 0 Å². The van der Waals surface area contributed by atoms with Crippen LogP contribution in [0.1, 0.15) is 52.9 Å². The Bertz CT molecular complexity index is 405. The second-order valence-corrected chi connectivity index (χ2v) is 6.90. The van der Waals surface area contributed by atoms with E-state index >= 15 is 0 Å². The molecule has 2 fully saturated rings. The van der Waals surface area contributed by atoms with Crippen LogP contribution in [0, 0.1) is 17.3 Å². The zero-order valence-corrected chi connectivity index (χ0v) is 12.5. The zero-order valence-electron chi connectivity index (χ0n) is 12.5. The first kappa shape index (κ1) is 14.4. The third-order valence-electron chi connectivity index (χ3n) is 5.03. The largest absolute Gasteiger partial charge is 0.458 e. The highest BCUT2D eigenvalue weighted by Gasteiger charge is 2.47. The summed E-state index contributed by atoms with van der Waals surface area (Å²) < 4.78 is 5.41. The molecule has 106 valence electrons. The number of hydrogen-bond acceptors (Lipinski definition) is 2. The minimum absolute atomic E-state index is 0.116. The van der Waals surface area contributed by atoms with Crippen molar-refractivity contribution < 1.29 is 9.53 Å². The number of carbonyl (C=O) groups is 1. The maximum absolute atomic E-state index is 11.2. The predicted octanol–water partition coefficient (Wildman–Crippen LogP) is 4.27. The van der Waals surface area contributed by atoms with Crippen LogP contribution < -0.4 is 0 Å². The van der Waals surface area contributed by atoms with E-state index in [0.717, 1.165) is 31.3 Å². The molecule has 19 heavy (non-hydrogen) atoms. The van der Waals surface area contributed by atoms with E-state index in [9.17, 15) is 4.79 Å². The van der Waals surface area contributed by atoms with Crippen molar-refractivity contribution in [3.63, 3.8) is 0 Å². The van der Waals surface area contributed by atoms with Gasteiger partial charge in [0.15, 0.2) is 0 Å². The summed E-state index contributed by atoms with van der Waals surface area (Å²) in [5, 5.41) is 0. The van der Waals surface area contributed by atoms with E-state index in [1.165, 1.54) is 18.9 Å². The first-order valence-corrected chi connectivity index (χ1v) is 7.34. The molecule has 0 radical (unpaired) electrons. The van der Waals surface area contributed by atoms with E-state index < -0.39 is 0 Å². The zero-order chi connectivity index (χ0) is 14.2. The van der Waals surface area contributed by atoms with Gasteiger partial charge in [-0.3, -0.25) is 4.79 Å². The Morgan fingerprint density at radius 3 is 2.42 bits per heavy atom. The van der Waals surface area contributed by atoms with Crippen molar-refractivity contribution in [2.45, 2.75) is 59.0 Å². The average Bonchev–Trinajstić information content (AvgIpc) is 2.33. The summed E-state index contributed by atoms with van der Waals surface area (Å²) in [6.45, 7) is 14.6. The molecule has 0 aromatic carbocycles. The smallest absolute Gasteiger partial charge is 0.303 e. The molecule has 3 atom stereocenters. The van der Waals surface area contributed by atoms with E-state index in [2.05, 4.69) is 27.0 Å². The molecule has 0 amide bonds. The number of hydrogen-bond donors (Lipinski definition) is 0. The van der Waals surface area contributed by atoms with Crippen LogP contribution in [-0.4, -0.2) is 12.1 Å². The minimum Gasteiger partial charge on any atom is -0.458 e.